The van der Waals surface area contributed by atoms with Crippen molar-refractivity contribution in [3.8, 4) is 0 Å². The van der Waals surface area contributed by atoms with Gasteiger partial charge in [-0.15, -0.1) is 0 Å². The van der Waals surface area contributed by atoms with Gasteiger partial charge in [0.05, 0.1) is 11.7 Å². The van der Waals surface area contributed by atoms with E-state index in [-0.39, 0.29) is 62.0 Å². The summed E-state index contributed by atoms with van der Waals surface area (Å²) in [6.07, 6.45) is 2.37. The number of rotatable bonds is 20. The molecule has 0 unspecified atom stereocenters. The molecule has 550 valence electrons. The number of piperazine rings is 1. The summed E-state index contributed by atoms with van der Waals surface area (Å²) in [6, 6.07) is -14.4. The molecule has 0 aliphatic carbocycles. The maximum atomic E-state index is 15.4. The molecule has 27 heteroatoms. The van der Waals surface area contributed by atoms with Gasteiger partial charge in [-0.25, -0.2) is 0 Å². The molecule has 0 radical (unpaired) electrons. The van der Waals surface area contributed by atoms with Gasteiger partial charge in [0, 0.05) is 100.0 Å². The van der Waals surface area contributed by atoms with E-state index in [2.05, 4.69) is 31.5 Å². The molecule has 96 heavy (non-hydrogen) atoms. The van der Waals surface area contributed by atoms with E-state index in [4.69, 9.17) is 0 Å². The Bertz CT molecular complexity index is 2630. The Morgan fingerprint density at radius 1 is 0.521 bits per heavy atom. The number of carbonyl (C=O) groups excluding carboxylic acids is 11. The Labute approximate surface area is 578 Å². The number of hydrogen-bond acceptors (Lipinski definition) is 16. The van der Waals surface area contributed by atoms with Gasteiger partial charge < -0.3 is 71.1 Å². The first-order valence-electron chi connectivity index (χ1n) is 34.6. The second-order valence-corrected chi connectivity index (χ2v) is 30.5. The van der Waals surface area contributed by atoms with Crippen LogP contribution in [0.1, 0.15) is 156 Å². The van der Waals surface area contributed by atoms with Crippen molar-refractivity contribution in [3.63, 3.8) is 0 Å². The number of hydrogen-bond donors (Lipinski definition) is 7. The molecule has 2 aliphatic heterocycles. The lowest BCUT2D eigenvalue weighted by molar-refractivity contribution is -0.157. The van der Waals surface area contributed by atoms with Crippen LogP contribution in [0.3, 0.4) is 0 Å². The van der Waals surface area contributed by atoms with Crippen molar-refractivity contribution in [2.45, 2.75) is 234 Å². The van der Waals surface area contributed by atoms with Gasteiger partial charge in [0.25, 0.3) is 0 Å². The highest BCUT2D eigenvalue weighted by molar-refractivity contribution is 7.99. The van der Waals surface area contributed by atoms with E-state index < -0.39 is 161 Å². The van der Waals surface area contributed by atoms with Crippen molar-refractivity contribution < 1.29 is 63.0 Å². The summed E-state index contributed by atoms with van der Waals surface area (Å²) in [5.74, 6) is -9.67. The van der Waals surface area contributed by atoms with E-state index >= 15 is 33.6 Å². The molecule has 2 rings (SSSR count). The molecule has 11 amide bonds. The Hall–Kier alpha value is -5.90. The number of nitrogens with one attached hydrogen (secondary N) is 5. The molecule has 7 N–H and O–H groups in total. The molecule has 2 aliphatic rings. The molecule has 0 aromatic heterocycles. The number of carbonyl (C=O) groups is 11. The molecule has 13 atom stereocenters. The number of nitrogens with zero attached hydrogens (tertiary/aromatic N) is 8. The first-order valence-corrected chi connectivity index (χ1v) is 35.7. The number of aliphatic hydroxyl groups excluding tert-OH is 1. The molecule has 0 aromatic rings. The van der Waals surface area contributed by atoms with Gasteiger partial charge in [0.1, 0.15) is 66.5 Å². The minimum atomic E-state index is -1.66. The molecule has 0 spiro atoms. The van der Waals surface area contributed by atoms with Crippen LogP contribution in [-0.2, 0) is 52.7 Å². The third-order valence-electron chi connectivity index (χ3n) is 18.4. The lowest BCUT2D eigenvalue weighted by Gasteiger charge is -2.41. The second kappa shape index (κ2) is 39.6. The molecule has 0 saturated carbocycles. The number of likely N-dealkylation sites (N-methyl/N-ethyl adjacent to an activating group) is 7. The van der Waals surface area contributed by atoms with Crippen LogP contribution in [-0.4, -0.2) is 286 Å². The van der Waals surface area contributed by atoms with E-state index in [0.29, 0.717) is 12.3 Å². The number of amides is 11. The van der Waals surface area contributed by atoms with Crippen molar-refractivity contribution in [2.75, 3.05) is 93.6 Å². The van der Waals surface area contributed by atoms with Crippen LogP contribution in [0.15, 0.2) is 12.2 Å². The Morgan fingerprint density at radius 2 is 0.969 bits per heavy atom. The molecule has 2 fully saturated rings. The Balaban J connectivity index is 3.12. The average Bonchev–Trinajstić information content (AvgIpc) is 0.812. The summed E-state index contributed by atoms with van der Waals surface area (Å²) in [7, 11) is 9.91. The zero-order valence-electron chi connectivity index (χ0n) is 62.6. The molecular weight excluding hydrogens is 1250 g/mol. The highest BCUT2D eigenvalue weighted by atomic mass is 32.2. The van der Waals surface area contributed by atoms with Crippen molar-refractivity contribution in [1.29, 1.82) is 0 Å². The monoisotopic (exact) mass is 1380 g/mol. The zero-order valence-corrected chi connectivity index (χ0v) is 63.4. The molecule has 2 heterocycles. The van der Waals surface area contributed by atoms with Crippen LogP contribution in [0, 0.1) is 35.5 Å². The fraction of sp³-hybridized carbons (Fsp3) is 0.812. The van der Waals surface area contributed by atoms with Crippen LogP contribution in [0.25, 0.3) is 0 Å². The van der Waals surface area contributed by atoms with Crippen LogP contribution < -0.4 is 26.6 Å². The first kappa shape index (κ1) is 86.2. The quantitative estimate of drug-likeness (QED) is 0.0680. The minimum Gasteiger partial charge on any atom is -0.390 e. The van der Waals surface area contributed by atoms with E-state index in [0.717, 1.165) is 36.0 Å². The fourth-order valence-corrected chi connectivity index (χ4v) is 13.4. The summed E-state index contributed by atoms with van der Waals surface area (Å²) in [5, 5.41) is 38.2. The van der Waals surface area contributed by atoms with E-state index in [9.17, 15) is 29.4 Å². The number of thioether (sulfide) groups is 1. The smallest absolute Gasteiger partial charge is 0.246 e. The van der Waals surface area contributed by atoms with Crippen molar-refractivity contribution >= 4 is 76.7 Å². The van der Waals surface area contributed by atoms with Crippen molar-refractivity contribution in [3.05, 3.63) is 12.2 Å². The van der Waals surface area contributed by atoms with Crippen LogP contribution in [0.4, 0.5) is 0 Å². The second-order valence-electron chi connectivity index (χ2n) is 29.4. The Kier molecular flexibility index (Phi) is 35.6. The van der Waals surface area contributed by atoms with E-state index in [1.54, 1.807) is 54.5 Å². The third kappa shape index (κ3) is 24.8. The van der Waals surface area contributed by atoms with Crippen molar-refractivity contribution in [1.82, 2.24) is 65.8 Å². The summed E-state index contributed by atoms with van der Waals surface area (Å²) >= 11 is 1.41. The normalized spacial score (nSPS) is 27.3. The lowest BCUT2D eigenvalue weighted by Crippen LogP contribution is -2.64. The zero-order chi connectivity index (χ0) is 73.7. The summed E-state index contributed by atoms with van der Waals surface area (Å²) in [5.41, 5.74) is -1.58. The van der Waals surface area contributed by atoms with E-state index in [1.165, 1.54) is 113 Å². The fourth-order valence-electron chi connectivity index (χ4n) is 12.3. The largest absolute Gasteiger partial charge is 0.390 e. The molecular formula is C69H125N13O13S. The van der Waals surface area contributed by atoms with E-state index in [1.807, 2.05) is 47.6 Å². The van der Waals surface area contributed by atoms with Crippen LogP contribution in [0.2, 0.25) is 0 Å². The minimum absolute atomic E-state index is 0.0226. The van der Waals surface area contributed by atoms with Gasteiger partial charge in [-0.3, -0.25) is 57.6 Å². The topological polar surface area (TPSA) is 314 Å². The molecule has 0 aromatic carbocycles. The summed E-state index contributed by atoms with van der Waals surface area (Å²) in [4.78, 5) is 175. The van der Waals surface area contributed by atoms with Gasteiger partial charge in [0.15, 0.2) is 0 Å². The highest BCUT2D eigenvalue weighted by Crippen LogP contribution is 2.27. The maximum Gasteiger partial charge on any atom is 0.246 e. The Morgan fingerprint density at radius 3 is 1.46 bits per heavy atom. The maximum absolute atomic E-state index is 15.4. The molecule has 0 bridgehead atoms. The standard InChI is InChI=1S/C69H125N13O13S/c1-25-27-28-45(13)57(83)56-61(87)73-48(26-2)63(89)79(22)53(39-96-34-33-82-31-29-70-30-32-82)66(92)78(21)52(38-69(16,17)95)60(86)74-54(43(9)10)67(93)75(18)49(35-40(3)4)59(85)71-46(14)58(84)72-47(15)62(88)76(19)50(36-41(5)6)64(90)77(20)51(37-42(7)8)65(91)80(23)55(44(11)12)68(94)81(56)24/h25,27,40-57,70,83,95H,26,28-39H2,1-24H3,(H,71,85)(H,72,84)(H,73,87)(H,74,86)/b27-25+/t45-,46+,47-,48+,49+,50+,51+,52+,53-,54+,55+,56+,57-/m1/s1. The van der Waals surface area contributed by atoms with Crippen LogP contribution in [0.5, 0.6) is 0 Å². The van der Waals surface area contributed by atoms with Gasteiger partial charge in [-0.1, -0.05) is 95.2 Å². The van der Waals surface area contributed by atoms with Gasteiger partial charge in [-0.05, 0) is 102 Å². The van der Waals surface area contributed by atoms with Gasteiger partial charge in [-0.2, -0.15) is 11.8 Å². The third-order valence-corrected chi connectivity index (χ3v) is 19.4. The SMILES string of the molecule is C/C=C/C[C@@H](C)[C@@H](O)[C@H]1C(=O)N[C@@H](CC)C(=O)N(C)[C@H](CSCCN2CCNCC2)C(=O)N(C)[C@@H](CC(C)(C)O)C(=O)N[C@@H](C(C)C)C(=O)N(C)[C@@H](CC(C)C)C(=O)N[C@@H](C)C(=O)N[C@H](C)C(=O)N(C)[C@@H](CC(C)C)C(=O)N(C)[C@@H](CC(C)C)C(=O)N(C)[C@@H](C(C)C)C(=O)N1C. The summed E-state index contributed by atoms with van der Waals surface area (Å²) < 4.78 is 0. The number of aliphatic hydroxyl groups is 2. The van der Waals surface area contributed by atoms with Crippen molar-refractivity contribution in [2.24, 2.45) is 35.5 Å². The predicted octanol–water partition coefficient (Wildman–Crippen LogP) is 2.39. The summed E-state index contributed by atoms with van der Waals surface area (Å²) in [6.45, 7) is 32.9. The van der Waals surface area contributed by atoms with Crippen LogP contribution >= 0.6 is 11.8 Å². The molecule has 2 saturated heterocycles. The lowest BCUT2D eigenvalue weighted by atomic mass is 9.91. The average molecular weight is 1380 g/mol. The first-order chi connectivity index (χ1) is 44.5. The molecule has 26 nitrogen and oxygen atoms in total. The number of allylic oxidation sites excluding steroid dienone is 2. The van der Waals surface area contributed by atoms with Gasteiger partial charge >= 0.3 is 0 Å². The van der Waals surface area contributed by atoms with Gasteiger partial charge in [0.2, 0.25) is 65.0 Å². The highest BCUT2D eigenvalue weighted by Gasteiger charge is 2.47. The predicted molar refractivity (Wildman–Crippen MR) is 375 cm³/mol.